The number of hydrogen-bond acceptors (Lipinski definition) is 3. The highest BCUT2D eigenvalue weighted by Gasteiger charge is 2.30. The van der Waals surface area contributed by atoms with Gasteiger partial charge in [-0.1, -0.05) is 18.2 Å². The van der Waals surface area contributed by atoms with Crippen LogP contribution in [0.1, 0.15) is 28.8 Å². The summed E-state index contributed by atoms with van der Waals surface area (Å²) in [6, 6.07) is 10.0. The van der Waals surface area contributed by atoms with Crippen molar-refractivity contribution in [2.24, 2.45) is 0 Å². The van der Waals surface area contributed by atoms with Gasteiger partial charge in [0.2, 0.25) is 5.91 Å². The number of alkyl halides is 3. The van der Waals surface area contributed by atoms with Gasteiger partial charge in [-0.25, -0.2) is 0 Å². The third-order valence-corrected chi connectivity index (χ3v) is 3.46. The van der Waals surface area contributed by atoms with Crippen molar-refractivity contribution in [1.29, 1.82) is 0 Å². The minimum Gasteiger partial charge on any atom is -0.481 e. The van der Waals surface area contributed by atoms with Gasteiger partial charge < -0.3 is 15.7 Å². The van der Waals surface area contributed by atoms with Crippen LogP contribution < -0.4 is 10.6 Å². The summed E-state index contributed by atoms with van der Waals surface area (Å²) in [5.41, 5.74) is -0.812. The van der Waals surface area contributed by atoms with Crippen LogP contribution in [0.25, 0.3) is 0 Å². The molecule has 0 fully saturated rings. The van der Waals surface area contributed by atoms with Crippen molar-refractivity contribution in [3.8, 4) is 0 Å². The second kappa shape index (κ2) is 8.35. The molecule has 142 valence electrons. The van der Waals surface area contributed by atoms with E-state index in [1.807, 2.05) is 0 Å². The number of aliphatic carboxylic acids is 1. The van der Waals surface area contributed by atoms with E-state index >= 15 is 0 Å². The molecule has 9 heteroatoms. The number of hydrogen-bond donors (Lipinski definition) is 3. The van der Waals surface area contributed by atoms with Crippen LogP contribution in [-0.2, 0) is 15.8 Å². The average Bonchev–Trinajstić information content (AvgIpc) is 2.60. The van der Waals surface area contributed by atoms with E-state index in [-0.39, 0.29) is 29.8 Å². The summed E-state index contributed by atoms with van der Waals surface area (Å²) >= 11 is 0. The largest absolute Gasteiger partial charge is 0.481 e. The Hall–Kier alpha value is -3.36. The molecule has 2 rings (SSSR count). The molecule has 0 saturated carbocycles. The summed E-state index contributed by atoms with van der Waals surface area (Å²) < 4.78 is 38.3. The Morgan fingerprint density at radius 3 is 2.30 bits per heavy atom. The molecule has 0 unspecified atom stereocenters. The van der Waals surface area contributed by atoms with Gasteiger partial charge in [0.1, 0.15) is 0 Å². The number of carbonyl (C=O) groups excluding carboxylic acids is 2. The number of anilines is 2. The van der Waals surface area contributed by atoms with Crippen LogP contribution in [0.15, 0.2) is 48.5 Å². The van der Waals surface area contributed by atoms with E-state index in [9.17, 15) is 27.6 Å². The van der Waals surface area contributed by atoms with Gasteiger partial charge in [-0.05, 0) is 30.3 Å². The fourth-order valence-corrected chi connectivity index (χ4v) is 2.19. The Morgan fingerprint density at radius 2 is 1.63 bits per heavy atom. The highest BCUT2D eigenvalue weighted by atomic mass is 19.4. The Kier molecular flexibility index (Phi) is 6.17. The van der Waals surface area contributed by atoms with Gasteiger partial charge in [0.15, 0.2) is 0 Å². The van der Waals surface area contributed by atoms with Gasteiger partial charge in [-0.15, -0.1) is 0 Å². The molecule has 3 N–H and O–H groups in total. The van der Waals surface area contributed by atoms with Gasteiger partial charge in [-0.2, -0.15) is 13.2 Å². The van der Waals surface area contributed by atoms with Crippen LogP contribution in [0.4, 0.5) is 24.5 Å². The van der Waals surface area contributed by atoms with Crippen molar-refractivity contribution >= 4 is 29.2 Å². The predicted octanol–water partition coefficient (Wildman–Crippen LogP) is 3.76. The second-order valence-electron chi connectivity index (χ2n) is 5.52. The standard InChI is InChI=1S/C18H15F3N2O4/c19-18(20,21)11-4-3-5-12(10-11)22-17(27)13-6-1-2-7-14(13)23-15(24)8-9-16(25)26/h1-7,10H,8-9H2,(H,22,27)(H,23,24)(H,25,26). The summed E-state index contributed by atoms with van der Waals surface area (Å²) in [5.74, 6) is -2.46. The zero-order chi connectivity index (χ0) is 20.0. The molecule has 27 heavy (non-hydrogen) atoms. The van der Waals surface area contributed by atoms with E-state index in [1.54, 1.807) is 6.07 Å². The third-order valence-electron chi connectivity index (χ3n) is 3.46. The zero-order valence-corrected chi connectivity index (χ0v) is 13.8. The van der Waals surface area contributed by atoms with Crippen molar-refractivity contribution in [3.05, 3.63) is 59.7 Å². The first-order valence-corrected chi connectivity index (χ1v) is 7.76. The van der Waals surface area contributed by atoms with Gasteiger partial charge in [0, 0.05) is 12.1 Å². The summed E-state index contributed by atoms with van der Waals surface area (Å²) in [5, 5.41) is 13.4. The predicted molar refractivity (Wildman–Crippen MR) is 91.3 cm³/mol. The maximum atomic E-state index is 12.8. The lowest BCUT2D eigenvalue weighted by atomic mass is 10.1. The minimum absolute atomic E-state index is 0.0265. The maximum absolute atomic E-state index is 12.8. The first kappa shape index (κ1) is 20.0. The quantitative estimate of drug-likeness (QED) is 0.711. The first-order chi connectivity index (χ1) is 12.7. The average molecular weight is 380 g/mol. The molecule has 0 radical (unpaired) electrons. The molecular weight excluding hydrogens is 365 g/mol. The molecular formula is C18H15F3N2O4. The van der Waals surface area contributed by atoms with Crippen molar-refractivity contribution in [1.82, 2.24) is 0 Å². The zero-order valence-electron chi connectivity index (χ0n) is 13.8. The van der Waals surface area contributed by atoms with Crippen molar-refractivity contribution in [2.45, 2.75) is 19.0 Å². The topological polar surface area (TPSA) is 95.5 Å². The first-order valence-electron chi connectivity index (χ1n) is 7.76. The molecule has 6 nitrogen and oxygen atoms in total. The van der Waals surface area contributed by atoms with Gasteiger partial charge in [0.25, 0.3) is 5.91 Å². The number of nitrogens with one attached hydrogen (secondary N) is 2. The van der Waals surface area contributed by atoms with Crippen LogP contribution in [0.3, 0.4) is 0 Å². The molecule has 0 spiro atoms. The Balaban J connectivity index is 2.15. The molecule has 0 aliphatic heterocycles. The fraction of sp³-hybridized carbons (Fsp3) is 0.167. The molecule has 0 heterocycles. The highest BCUT2D eigenvalue weighted by Crippen LogP contribution is 2.31. The molecule has 0 bridgehead atoms. The Labute approximate surface area is 152 Å². The third kappa shape index (κ3) is 5.84. The molecule has 0 aliphatic rings. The fourth-order valence-electron chi connectivity index (χ4n) is 2.19. The monoisotopic (exact) mass is 380 g/mol. The van der Waals surface area contributed by atoms with Gasteiger partial charge in [0.05, 0.1) is 23.2 Å². The lowest BCUT2D eigenvalue weighted by molar-refractivity contribution is -0.138. The lowest BCUT2D eigenvalue weighted by Gasteiger charge is -2.12. The van der Waals surface area contributed by atoms with Gasteiger partial charge in [-0.3, -0.25) is 14.4 Å². The summed E-state index contributed by atoms with van der Waals surface area (Å²) in [4.78, 5) is 34.7. The van der Waals surface area contributed by atoms with Crippen LogP contribution >= 0.6 is 0 Å². The molecule has 0 aliphatic carbocycles. The lowest BCUT2D eigenvalue weighted by Crippen LogP contribution is -2.19. The van der Waals surface area contributed by atoms with Crippen molar-refractivity contribution in [2.75, 3.05) is 10.6 Å². The highest BCUT2D eigenvalue weighted by molar-refractivity contribution is 6.10. The number of rotatable bonds is 6. The number of carboxylic acids is 1. The van der Waals surface area contributed by atoms with Crippen molar-refractivity contribution in [3.63, 3.8) is 0 Å². The molecule has 2 aromatic carbocycles. The van der Waals surface area contributed by atoms with Crippen molar-refractivity contribution < 1.29 is 32.7 Å². The van der Waals surface area contributed by atoms with Crippen LogP contribution in [0.5, 0.6) is 0 Å². The van der Waals surface area contributed by atoms with E-state index in [0.29, 0.717) is 0 Å². The number of benzene rings is 2. The molecule has 0 aromatic heterocycles. The SMILES string of the molecule is O=C(O)CCC(=O)Nc1ccccc1C(=O)Nc1cccc(C(F)(F)F)c1. The normalized spacial score (nSPS) is 10.9. The molecule has 2 aromatic rings. The number of carboxylic acid groups (broad SMARTS) is 1. The van der Waals surface area contributed by atoms with Crippen LogP contribution in [0, 0.1) is 0 Å². The van der Waals surface area contributed by atoms with Crippen LogP contribution in [0.2, 0.25) is 0 Å². The maximum Gasteiger partial charge on any atom is 0.416 e. The Bertz CT molecular complexity index is 866. The number of para-hydroxylation sites is 1. The van der Waals surface area contributed by atoms with Gasteiger partial charge >= 0.3 is 12.1 Å². The smallest absolute Gasteiger partial charge is 0.416 e. The van der Waals surface area contributed by atoms with E-state index in [0.717, 1.165) is 18.2 Å². The molecule has 2 amide bonds. The number of halogens is 3. The van der Waals surface area contributed by atoms with E-state index < -0.39 is 29.5 Å². The summed E-state index contributed by atoms with van der Waals surface area (Å²) in [6.45, 7) is 0. The number of amides is 2. The summed E-state index contributed by atoms with van der Waals surface area (Å²) in [7, 11) is 0. The van der Waals surface area contributed by atoms with Crippen LogP contribution in [-0.4, -0.2) is 22.9 Å². The van der Waals surface area contributed by atoms with E-state index in [4.69, 9.17) is 5.11 Å². The molecule has 0 atom stereocenters. The minimum atomic E-state index is -4.54. The number of carbonyl (C=O) groups is 3. The van der Waals surface area contributed by atoms with E-state index in [1.165, 1.54) is 24.3 Å². The summed E-state index contributed by atoms with van der Waals surface area (Å²) in [6.07, 6.45) is -5.19. The second-order valence-corrected chi connectivity index (χ2v) is 5.52. The Morgan fingerprint density at radius 1 is 0.926 bits per heavy atom. The van der Waals surface area contributed by atoms with E-state index in [2.05, 4.69) is 10.6 Å². The molecule has 0 saturated heterocycles.